The number of aromatic nitrogens is 4. The smallest absolute Gasteiger partial charge is 0.307 e. The van der Waals surface area contributed by atoms with Crippen LogP contribution in [-0.4, -0.2) is 30.4 Å². The summed E-state index contributed by atoms with van der Waals surface area (Å²) >= 11 is 4.69. The highest BCUT2D eigenvalue weighted by Crippen LogP contribution is 2.19. The summed E-state index contributed by atoms with van der Waals surface area (Å²) < 4.78 is 4.21. The van der Waals surface area contributed by atoms with E-state index in [-0.39, 0.29) is 11.6 Å². The van der Waals surface area contributed by atoms with Gasteiger partial charge >= 0.3 is 5.69 Å². The van der Waals surface area contributed by atoms with E-state index >= 15 is 0 Å². The molecule has 0 bridgehead atoms. The van der Waals surface area contributed by atoms with E-state index in [1.165, 1.54) is 28.4 Å². The van der Waals surface area contributed by atoms with Gasteiger partial charge in [-0.1, -0.05) is 12.1 Å². The number of hydrogen-bond acceptors (Lipinski definition) is 6. The Balaban J connectivity index is 1.36. The third kappa shape index (κ3) is 4.81. The van der Waals surface area contributed by atoms with Crippen molar-refractivity contribution < 1.29 is 9.72 Å². The first-order valence-corrected chi connectivity index (χ1v) is 10.5. The molecular formula is C19H15BrN6O3S. The number of rotatable bonds is 7. The highest BCUT2D eigenvalue weighted by molar-refractivity contribution is 9.10. The number of carbonyl (C=O) groups excluding carboxylic acids is 1. The molecule has 0 saturated carbocycles. The number of nitro groups is 1. The summed E-state index contributed by atoms with van der Waals surface area (Å²) in [7, 11) is 0. The topological polar surface area (TPSA) is 108 Å². The van der Waals surface area contributed by atoms with Crippen LogP contribution < -0.4 is 5.32 Å². The lowest BCUT2D eigenvalue weighted by Crippen LogP contribution is -2.10. The normalized spacial score (nSPS) is 10.8. The SMILES string of the molecule is O=C(Nc1ccc(Cn2cc(Br)cn2)cc1)c1cc(Cn2cc([N+](=O)[O-])cn2)cs1. The van der Waals surface area contributed by atoms with Gasteiger partial charge in [0, 0.05) is 11.9 Å². The van der Waals surface area contributed by atoms with Crippen LogP contribution in [0.15, 0.2) is 65.0 Å². The number of amides is 1. The van der Waals surface area contributed by atoms with Crippen LogP contribution in [0.4, 0.5) is 11.4 Å². The van der Waals surface area contributed by atoms with Crippen LogP contribution in [-0.2, 0) is 13.1 Å². The van der Waals surface area contributed by atoms with Gasteiger partial charge in [0.1, 0.15) is 12.4 Å². The zero-order chi connectivity index (χ0) is 21.1. The number of halogens is 1. The van der Waals surface area contributed by atoms with Gasteiger partial charge in [-0.3, -0.25) is 24.3 Å². The quantitative estimate of drug-likeness (QED) is 0.311. The fraction of sp³-hybridized carbons (Fsp3) is 0.105. The molecule has 0 saturated heterocycles. The molecule has 0 aliphatic carbocycles. The Hall–Kier alpha value is -3.31. The van der Waals surface area contributed by atoms with E-state index in [0.29, 0.717) is 23.7 Å². The summed E-state index contributed by atoms with van der Waals surface area (Å²) in [5, 5.41) is 23.7. The molecule has 1 aromatic carbocycles. The van der Waals surface area contributed by atoms with Gasteiger partial charge in [0.2, 0.25) is 0 Å². The second-order valence-electron chi connectivity index (χ2n) is 6.48. The first-order chi connectivity index (χ1) is 14.5. The highest BCUT2D eigenvalue weighted by Gasteiger charge is 2.12. The second-order valence-corrected chi connectivity index (χ2v) is 8.31. The molecule has 0 spiro atoms. The number of carbonyl (C=O) groups is 1. The maximum Gasteiger partial charge on any atom is 0.307 e. The van der Waals surface area contributed by atoms with E-state index in [0.717, 1.165) is 15.6 Å². The number of nitrogens with one attached hydrogen (secondary N) is 1. The van der Waals surface area contributed by atoms with Crippen molar-refractivity contribution >= 4 is 44.5 Å². The highest BCUT2D eigenvalue weighted by atomic mass is 79.9. The Morgan fingerprint density at radius 1 is 1.10 bits per heavy atom. The molecule has 3 heterocycles. The van der Waals surface area contributed by atoms with Crippen molar-refractivity contribution in [3.63, 3.8) is 0 Å². The number of nitrogens with zero attached hydrogens (tertiary/aromatic N) is 5. The molecule has 152 valence electrons. The molecule has 0 aliphatic heterocycles. The Morgan fingerprint density at radius 3 is 2.47 bits per heavy atom. The molecule has 0 atom stereocenters. The molecule has 4 rings (SSSR count). The number of thiophene rings is 1. The summed E-state index contributed by atoms with van der Waals surface area (Å²) in [6.07, 6.45) is 6.19. The van der Waals surface area contributed by atoms with Crippen molar-refractivity contribution in [1.82, 2.24) is 19.6 Å². The summed E-state index contributed by atoms with van der Waals surface area (Å²) in [5.41, 5.74) is 2.55. The van der Waals surface area contributed by atoms with Crippen LogP contribution in [0.2, 0.25) is 0 Å². The average Bonchev–Trinajstić information content (AvgIpc) is 3.45. The van der Waals surface area contributed by atoms with Crippen molar-refractivity contribution in [1.29, 1.82) is 0 Å². The molecule has 1 amide bonds. The lowest BCUT2D eigenvalue weighted by atomic mass is 10.2. The van der Waals surface area contributed by atoms with Gasteiger partial charge in [-0.05, 0) is 50.6 Å². The van der Waals surface area contributed by atoms with Gasteiger partial charge in [-0.25, -0.2) is 0 Å². The monoisotopic (exact) mass is 486 g/mol. The van der Waals surface area contributed by atoms with Crippen molar-refractivity contribution in [3.05, 3.63) is 91.1 Å². The molecule has 4 aromatic rings. The maximum absolute atomic E-state index is 12.5. The molecule has 3 aromatic heterocycles. The van der Waals surface area contributed by atoms with Crippen molar-refractivity contribution in [2.24, 2.45) is 0 Å². The molecule has 11 heteroatoms. The summed E-state index contributed by atoms with van der Waals surface area (Å²) in [6, 6.07) is 9.34. The minimum Gasteiger partial charge on any atom is -0.321 e. The maximum atomic E-state index is 12.5. The fourth-order valence-corrected chi connectivity index (χ4v) is 3.92. The Morgan fingerprint density at radius 2 is 1.80 bits per heavy atom. The second kappa shape index (κ2) is 8.59. The first-order valence-electron chi connectivity index (χ1n) is 8.79. The third-order valence-electron chi connectivity index (χ3n) is 4.21. The van der Waals surface area contributed by atoms with E-state index in [1.807, 2.05) is 40.5 Å². The first kappa shape index (κ1) is 20.0. The Kier molecular flexibility index (Phi) is 5.72. The van der Waals surface area contributed by atoms with Crippen LogP contribution in [0.1, 0.15) is 20.8 Å². The number of benzene rings is 1. The summed E-state index contributed by atoms with van der Waals surface area (Å²) in [4.78, 5) is 23.3. The van der Waals surface area contributed by atoms with Crippen LogP contribution in [0, 0.1) is 10.1 Å². The molecule has 0 radical (unpaired) electrons. The predicted octanol–water partition coefficient (Wildman–Crippen LogP) is 4.16. The molecule has 30 heavy (non-hydrogen) atoms. The molecular weight excluding hydrogens is 472 g/mol. The molecule has 0 unspecified atom stereocenters. The Labute approximate surface area is 183 Å². The van der Waals surface area contributed by atoms with Crippen molar-refractivity contribution in [2.45, 2.75) is 13.1 Å². The third-order valence-corrected chi connectivity index (χ3v) is 5.60. The Bertz CT molecular complexity index is 1200. The van der Waals surface area contributed by atoms with Crippen molar-refractivity contribution in [3.8, 4) is 0 Å². The van der Waals surface area contributed by atoms with Gasteiger partial charge in [0.05, 0.1) is 33.6 Å². The van der Waals surface area contributed by atoms with Crippen LogP contribution in [0.25, 0.3) is 0 Å². The van der Waals surface area contributed by atoms with Crippen LogP contribution >= 0.6 is 27.3 Å². The van der Waals surface area contributed by atoms with Gasteiger partial charge in [-0.2, -0.15) is 10.2 Å². The van der Waals surface area contributed by atoms with E-state index in [9.17, 15) is 14.9 Å². The number of hydrogen-bond donors (Lipinski definition) is 1. The fourth-order valence-electron chi connectivity index (χ4n) is 2.80. The van der Waals surface area contributed by atoms with Gasteiger partial charge in [0.25, 0.3) is 5.91 Å². The van der Waals surface area contributed by atoms with E-state index in [1.54, 1.807) is 12.3 Å². The van der Waals surface area contributed by atoms with Crippen LogP contribution in [0.5, 0.6) is 0 Å². The zero-order valence-corrected chi connectivity index (χ0v) is 17.8. The van der Waals surface area contributed by atoms with E-state index < -0.39 is 4.92 Å². The van der Waals surface area contributed by atoms with Crippen molar-refractivity contribution in [2.75, 3.05) is 5.32 Å². The largest absolute Gasteiger partial charge is 0.321 e. The summed E-state index contributed by atoms with van der Waals surface area (Å²) in [5.74, 6) is -0.207. The molecule has 0 fully saturated rings. The minimum absolute atomic E-state index is 0.0631. The minimum atomic E-state index is -0.491. The summed E-state index contributed by atoms with van der Waals surface area (Å²) in [6.45, 7) is 0.996. The number of anilines is 1. The van der Waals surface area contributed by atoms with E-state index in [4.69, 9.17) is 0 Å². The van der Waals surface area contributed by atoms with E-state index in [2.05, 4.69) is 31.4 Å². The predicted molar refractivity (Wildman–Crippen MR) is 116 cm³/mol. The standard InChI is InChI=1S/C19H15BrN6O3S/c20-15-6-21-24(10-15)8-13-1-3-16(4-2-13)23-19(27)18-5-14(12-30-18)9-25-11-17(7-22-25)26(28)29/h1-7,10-12H,8-9H2,(H,23,27). The molecule has 9 nitrogen and oxygen atoms in total. The van der Waals surface area contributed by atoms with Gasteiger partial charge in [0.15, 0.2) is 0 Å². The lowest BCUT2D eigenvalue weighted by Gasteiger charge is -2.06. The zero-order valence-electron chi connectivity index (χ0n) is 15.4. The lowest BCUT2D eigenvalue weighted by molar-refractivity contribution is -0.385. The van der Waals surface area contributed by atoms with Gasteiger partial charge < -0.3 is 5.32 Å². The van der Waals surface area contributed by atoms with Crippen LogP contribution in [0.3, 0.4) is 0 Å². The molecule has 1 N–H and O–H groups in total. The average molecular weight is 487 g/mol. The molecule has 0 aliphatic rings. The van der Waals surface area contributed by atoms with Gasteiger partial charge in [-0.15, -0.1) is 11.3 Å².